The van der Waals surface area contributed by atoms with E-state index in [0.717, 1.165) is 17.5 Å². The lowest BCUT2D eigenvalue weighted by atomic mass is 9.91. The molecule has 0 fully saturated rings. The Kier molecular flexibility index (Phi) is 5.71. The van der Waals surface area contributed by atoms with Gasteiger partial charge in [0.05, 0.1) is 12.0 Å². The Hall–Kier alpha value is -2.15. The molecule has 0 aromatic heterocycles. The molecule has 0 unspecified atom stereocenters. The van der Waals surface area contributed by atoms with Crippen molar-refractivity contribution < 1.29 is 8.42 Å². The number of hydrogen-bond donors (Lipinski definition) is 2. The maximum atomic E-state index is 11.2. The molecule has 6 nitrogen and oxygen atoms in total. The van der Waals surface area contributed by atoms with Gasteiger partial charge in [0.2, 0.25) is 10.0 Å². The minimum Gasteiger partial charge on any atom is -0.382 e. The zero-order chi connectivity index (χ0) is 17.8. The molecule has 7 heteroatoms. The number of rotatable bonds is 5. The van der Waals surface area contributed by atoms with Gasteiger partial charge in [0, 0.05) is 16.8 Å². The normalized spacial score (nSPS) is 14.2. The number of allylic oxidation sites excluding steroid dienone is 1. The highest BCUT2D eigenvalue weighted by Crippen LogP contribution is 2.29. The van der Waals surface area contributed by atoms with Crippen LogP contribution in [-0.2, 0) is 10.0 Å². The number of sulfonamides is 1. The highest BCUT2D eigenvalue weighted by atomic mass is 32.2. The lowest BCUT2D eigenvalue weighted by Crippen LogP contribution is -2.15. The fourth-order valence-corrected chi connectivity index (χ4v) is 2.47. The summed E-state index contributed by atoms with van der Waals surface area (Å²) in [6, 6.07) is 6.96. The average Bonchev–Trinajstić information content (AvgIpc) is 2.41. The topological polar surface area (TPSA) is 96.9 Å². The van der Waals surface area contributed by atoms with Crippen LogP contribution in [0.5, 0.6) is 0 Å². The summed E-state index contributed by atoms with van der Waals surface area (Å²) in [5.41, 5.74) is 8.40. The second kappa shape index (κ2) is 6.95. The summed E-state index contributed by atoms with van der Waals surface area (Å²) < 4.78 is 24.8. The van der Waals surface area contributed by atoms with Crippen molar-refractivity contribution in [2.75, 3.05) is 11.0 Å². The van der Waals surface area contributed by atoms with Gasteiger partial charge in [-0.2, -0.15) is 0 Å². The summed E-state index contributed by atoms with van der Waals surface area (Å²) in [7, 11) is -3.29. The number of hydrogen-bond acceptors (Lipinski definition) is 5. The molecule has 1 aromatic rings. The minimum absolute atomic E-state index is 0.273. The van der Waals surface area contributed by atoms with E-state index in [1.165, 1.54) is 0 Å². The zero-order valence-electron chi connectivity index (χ0n) is 14.2. The van der Waals surface area contributed by atoms with E-state index in [0.29, 0.717) is 17.2 Å². The Morgan fingerprint density at radius 1 is 1.22 bits per heavy atom. The molecule has 0 aliphatic heterocycles. The predicted octanol–water partition coefficient (Wildman–Crippen LogP) is 2.74. The number of nitrogens with two attached hydrogens (primary N) is 1. The molecule has 0 heterocycles. The van der Waals surface area contributed by atoms with Gasteiger partial charge in [0.1, 0.15) is 5.82 Å². The highest BCUT2D eigenvalue weighted by molar-refractivity contribution is 7.92. The molecule has 0 aliphatic rings. The van der Waals surface area contributed by atoms with Gasteiger partial charge >= 0.3 is 0 Å². The third kappa shape index (κ3) is 5.86. The molecule has 0 saturated heterocycles. The molecule has 0 spiro atoms. The number of benzene rings is 1. The monoisotopic (exact) mass is 336 g/mol. The molecule has 0 radical (unpaired) electrons. The summed E-state index contributed by atoms with van der Waals surface area (Å²) in [6.45, 7) is 11.3. The maximum Gasteiger partial charge on any atom is 0.229 e. The predicted molar refractivity (Wildman–Crippen MR) is 97.3 cm³/mol. The van der Waals surface area contributed by atoms with Gasteiger partial charge in [-0.1, -0.05) is 32.9 Å². The Labute approximate surface area is 138 Å². The standard InChI is InChI=1S/C16H24N4O2S/c1-11(19-14(15(17)18-5)16(2,3)4)12-7-9-13(10-8-12)20-23(6,21)22/h7-10,20H,5,17H2,1-4,6H3/b15-14-,19-11+. The fraction of sp³-hybridized carbons (Fsp3) is 0.375. The van der Waals surface area contributed by atoms with E-state index in [1.807, 2.05) is 27.7 Å². The summed E-state index contributed by atoms with van der Waals surface area (Å²) in [4.78, 5) is 8.37. The summed E-state index contributed by atoms with van der Waals surface area (Å²) >= 11 is 0. The third-order valence-electron chi connectivity index (χ3n) is 3.01. The first-order valence-electron chi connectivity index (χ1n) is 7.04. The number of aliphatic imine (C=N–C) groups is 2. The lowest BCUT2D eigenvalue weighted by molar-refractivity contribution is 0.491. The molecule has 0 amide bonds. The molecule has 0 aliphatic carbocycles. The summed E-state index contributed by atoms with van der Waals surface area (Å²) in [6.07, 6.45) is 1.11. The van der Waals surface area contributed by atoms with Gasteiger partial charge in [-0.15, -0.1) is 0 Å². The van der Waals surface area contributed by atoms with Crippen molar-refractivity contribution in [3.63, 3.8) is 0 Å². The van der Waals surface area contributed by atoms with E-state index in [1.54, 1.807) is 24.3 Å². The Morgan fingerprint density at radius 2 is 1.74 bits per heavy atom. The van der Waals surface area contributed by atoms with Gasteiger partial charge in [-0.25, -0.2) is 13.4 Å². The largest absolute Gasteiger partial charge is 0.382 e. The molecule has 23 heavy (non-hydrogen) atoms. The van der Waals surface area contributed by atoms with E-state index in [9.17, 15) is 8.42 Å². The van der Waals surface area contributed by atoms with E-state index in [2.05, 4.69) is 21.4 Å². The quantitative estimate of drug-likeness (QED) is 0.809. The van der Waals surface area contributed by atoms with Crippen LogP contribution >= 0.6 is 0 Å². The van der Waals surface area contributed by atoms with Crippen LogP contribution in [-0.4, -0.2) is 27.1 Å². The van der Waals surface area contributed by atoms with Crippen molar-refractivity contribution in [1.29, 1.82) is 0 Å². The van der Waals surface area contributed by atoms with E-state index < -0.39 is 10.0 Å². The van der Waals surface area contributed by atoms with Gasteiger partial charge in [-0.05, 0) is 31.3 Å². The second-order valence-corrected chi connectivity index (χ2v) is 8.04. The van der Waals surface area contributed by atoms with Crippen LogP contribution in [0.2, 0.25) is 0 Å². The first-order valence-corrected chi connectivity index (χ1v) is 8.93. The van der Waals surface area contributed by atoms with E-state index >= 15 is 0 Å². The van der Waals surface area contributed by atoms with Crippen molar-refractivity contribution in [3.05, 3.63) is 41.3 Å². The van der Waals surface area contributed by atoms with Crippen LogP contribution in [0.3, 0.4) is 0 Å². The van der Waals surface area contributed by atoms with Crippen LogP contribution in [0.15, 0.2) is 45.8 Å². The van der Waals surface area contributed by atoms with Gasteiger partial charge < -0.3 is 5.73 Å². The third-order valence-corrected chi connectivity index (χ3v) is 3.62. The first kappa shape index (κ1) is 18.9. The molecule has 1 aromatic carbocycles. The second-order valence-electron chi connectivity index (χ2n) is 6.29. The smallest absolute Gasteiger partial charge is 0.229 e. The number of anilines is 1. The van der Waals surface area contributed by atoms with Crippen LogP contribution in [0.25, 0.3) is 0 Å². The highest BCUT2D eigenvalue weighted by Gasteiger charge is 2.20. The summed E-state index contributed by atoms with van der Waals surface area (Å²) in [5, 5.41) is 0. The molecule has 0 saturated carbocycles. The Bertz CT molecular complexity index is 739. The van der Waals surface area contributed by atoms with E-state index in [4.69, 9.17) is 5.73 Å². The molecular formula is C16H24N4O2S. The van der Waals surface area contributed by atoms with Crippen molar-refractivity contribution >= 4 is 28.1 Å². The molecular weight excluding hydrogens is 312 g/mol. The SMILES string of the molecule is C=N/C(N)=C(\N=C(/C)c1ccc(NS(C)(=O)=O)cc1)C(C)(C)C. The van der Waals surface area contributed by atoms with E-state index in [-0.39, 0.29) is 5.41 Å². The van der Waals surface area contributed by atoms with Gasteiger partial charge in [0.15, 0.2) is 0 Å². The zero-order valence-corrected chi connectivity index (χ0v) is 15.0. The molecule has 126 valence electrons. The number of nitrogens with one attached hydrogen (secondary N) is 1. The molecule has 0 atom stereocenters. The van der Waals surface area contributed by atoms with Crippen molar-refractivity contribution in [2.45, 2.75) is 27.7 Å². The average molecular weight is 336 g/mol. The van der Waals surface area contributed by atoms with Crippen LogP contribution in [0.1, 0.15) is 33.3 Å². The number of nitrogens with zero attached hydrogens (tertiary/aromatic N) is 2. The van der Waals surface area contributed by atoms with Crippen LogP contribution in [0, 0.1) is 5.41 Å². The molecule has 0 bridgehead atoms. The van der Waals surface area contributed by atoms with Gasteiger partial charge in [0.25, 0.3) is 0 Å². The molecule has 1 rings (SSSR count). The van der Waals surface area contributed by atoms with Crippen molar-refractivity contribution in [3.8, 4) is 0 Å². The Morgan fingerprint density at radius 3 is 2.13 bits per heavy atom. The Balaban J connectivity index is 3.18. The van der Waals surface area contributed by atoms with Gasteiger partial charge in [-0.3, -0.25) is 9.71 Å². The maximum absolute atomic E-state index is 11.2. The minimum atomic E-state index is -3.29. The van der Waals surface area contributed by atoms with Crippen LogP contribution < -0.4 is 10.5 Å². The lowest BCUT2D eigenvalue weighted by Gasteiger charge is -2.21. The summed E-state index contributed by atoms with van der Waals surface area (Å²) in [5.74, 6) is 0.298. The fourth-order valence-electron chi connectivity index (χ4n) is 1.91. The van der Waals surface area contributed by atoms with Crippen molar-refractivity contribution in [2.24, 2.45) is 21.1 Å². The molecule has 3 N–H and O–H groups in total. The van der Waals surface area contributed by atoms with Crippen LogP contribution in [0.4, 0.5) is 5.69 Å². The van der Waals surface area contributed by atoms with Crippen molar-refractivity contribution in [1.82, 2.24) is 0 Å². The first-order chi connectivity index (χ1) is 10.4.